The third-order valence-corrected chi connectivity index (χ3v) is 4.65. The minimum absolute atomic E-state index is 0.275. The normalized spacial score (nSPS) is 18.4. The first-order valence-corrected chi connectivity index (χ1v) is 8.37. The molecular formula is C18H18FN5O3. The first-order valence-electron chi connectivity index (χ1n) is 8.37. The van der Waals surface area contributed by atoms with Crippen LogP contribution in [0.4, 0.5) is 10.2 Å². The van der Waals surface area contributed by atoms with Crippen LogP contribution in [0.1, 0.15) is 6.42 Å². The summed E-state index contributed by atoms with van der Waals surface area (Å²) in [7, 11) is 4.93. The summed E-state index contributed by atoms with van der Waals surface area (Å²) >= 11 is 0. The van der Waals surface area contributed by atoms with Gasteiger partial charge in [-0.2, -0.15) is 0 Å². The molecule has 0 spiro atoms. The molecule has 0 aliphatic heterocycles. The van der Waals surface area contributed by atoms with Gasteiger partial charge in [0.1, 0.15) is 23.9 Å². The lowest BCUT2D eigenvalue weighted by Crippen LogP contribution is -2.15. The number of amides is 1. The van der Waals surface area contributed by atoms with Gasteiger partial charge in [0.15, 0.2) is 0 Å². The molecule has 1 amide bonds. The van der Waals surface area contributed by atoms with Gasteiger partial charge in [-0.15, -0.1) is 0 Å². The number of anilines is 1. The molecule has 27 heavy (non-hydrogen) atoms. The second-order valence-corrected chi connectivity index (χ2v) is 6.33. The number of halogens is 1. The van der Waals surface area contributed by atoms with Gasteiger partial charge >= 0.3 is 0 Å². The number of nitrogens with zero attached hydrogens (tertiary/aromatic N) is 4. The molecule has 3 heterocycles. The average molecular weight is 371 g/mol. The van der Waals surface area contributed by atoms with Crippen molar-refractivity contribution in [1.29, 1.82) is 0 Å². The fourth-order valence-corrected chi connectivity index (χ4v) is 3.08. The Bertz CT molecular complexity index is 1010. The number of hydrogen-bond acceptors (Lipinski definition) is 6. The van der Waals surface area contributed by atoms with Crippen LogP contribution >= 0.6 is 0 Å². The van der Waals surface area contributed by atoms with E-state index in [9.17, 15) is 9.18 Å². The van der Waals surface area contributed by atoms with Crippen LogP contribution in [-0.2, 0) is 11.8 Å². The van der Waals surface area contributed by atoms with Gasteiger partial charge in [0, 0.05) is 12.4 Å². The number of carbonyl (C=O) groups is 1. The molecule has 1 fully saturated rings. The summed E-state index contributed by atoms with van der Waals surface area (Å²) in [6.45, 7) is 0. The Morgan fingerprint density at radius 1 is 1.22 bits per heavy atom. The molecule has 8 nitrogen and oxygen atoms in total. The molecule has 1 saturated carbocycles. The molecule has 0 aromatic carbocycles. The zero-order chi connectivity index (χ0) is 19.1. The maximum atomic E-state index is 13.0. The summed E-state index contributed by atoms with van der Waals surface area (Å²) < 4.78 is 25.7. The van der Waals surface area contributed by atoms with Crippen LogP contribution in [0.5, 0.6) is 11.8 Å². The molecule has 1 aliphatic carbocycles. The number of hydrogen-bond donors (Lipinski definition) is 1. The molecule has 0 bridgehead atoms. The molecule has 0 radical (unpaired) electrons. The Morgan fingerprint density at radius 3 is 2.48 bits per heavy atom. The predicted octanol–water partition coefficient (Wildman–Crippen LogP) is 2.34. The first kappa shape index (κ1) is 17.2. The molecule has 1 aliphatic rings. The van der Waals surface area contributed by atoms with Crippen molar-refractivity contribution in [3.05, 3.63) is 24.7 Å². The van der Waals surface area contributed by atoms with E-state index in [0.29, 0.717) is 23.1 Å². The van der Waals surface area contributed by atoms with Gasteiger partial charge in [-0.05, 0) is 18.6 Å². The number of aromatic nitrogens is 4. The zero-order valence-corrected chi connectivity index (χ0v) is 15.1. The highest BCUT2D eigenvalue weighted by Crippen LogP contribution is 2.38. The van der Waals surface area contributed by atoms with Crippen molar-refractivity contribution in [2.24, 2.45) is 13.0 Å². The quantitative estimate of drug-likeness (QED) is 0.740. The van der Waals surface area contributed by atoms with Crippen LogP contribution in [0.2, 0.25) is 0 Å². The average Bonchev–Trinajstić information content (AvgIpc) is 3.33. The van der Waals surface area contributed by atoms with Crippen molar-refractivity contribution >= 4 is 22.6 Å². The van der Waals surface area contributed by atoms with E-state index in [1.807, 2.05) is 17.7 Å². The number of nitrogens with one attached hydrogen (secondary N) is 1. The standard InChI is InChI=1S/C18H18FN5O3/c1-24-12(15-17(26-2)21-8-22-18(15)27-3)4-9-5-14(20-7-13(9)24)23-16(25)10-6-11(10)19/h4-5,7-8,10-11H,6H2,1-3H3,(H,20,23,25). The van der Waals surface area contributed by atoms with Crippen molar-refractivity contribution in [3.8, 4) is 23.0 Å². The molecule has 3 aromatic rings. The van der Waals surface area contributed by atoms with E-state index < -0.39 is 12.1 Å². The SMILES string of the molecule is COc1ncnc(OC)c1-c1cc2cc(NC(=O)C3CC3F)ncc2n1C. The number of fused-ring (bicyclic) bond motifs is 1. The van der Waals surface area contributed by atoms with Crippen molar-refractivity contribution in [1.82, 2.24) is 19.5 Å². The van der Waals surface area contributed by atoms with Crippen molar-refractivity contribution in [2.75, 3.05) is 19.5 Å². The Morgan fingerprint density at radius 2 is 1.89 bits per heavy atom. The van der Waals surface area contributed by atoms with Crippen molar-refractivity contribution in [3.63, 3.8) is 0 Å². The van der Waals surface area contributed by atoms with Crippen LogP contribution in [0.3, 0.4) is 0 Å². The molecule has 0 saturated heterocycles. The predicted molar refractivity (Wildman–Crippen MR) is 96.5 cm³/mol. The molecule has 9 heteroatoms. The Balaban J connectivity index is 1.75. The summed E-state index contributed by atoms with van der Waals surface area (Å²) in [6, 6.07) is 3.65. The largest absolute Gasteiger partial charge is 0.480 e. The lowest BCUT2D eigenvalue weighted by molar-refractivity contribution is -0.117. The van der Waals surface area contributed by atoms with E-state index in [1.54, 1.807) is 12.3 Å². The van der Waals surface area contributed by atoms with E-state index in [4.69, 9.17) is 9.47 Å². The Hall–Kier alpha value is -3.23. The van der Waals surface area contributed by atoms with Crippen LogP contribution in [-0.4, -0.2) is 45.8 Å². The number of aryl methyl sites for hydroxylation is 1. The number of alkyl halides is 1. The maximum absolute atomic E-state index is 13.0. The van der Waals surface area contributed by atoms with Crippen LogP contribution in [0, 0.1) is 5.92 Å². The van der Waals surface area contributed by atoms with Crippen molar-refractivity contribution in [2.45, 2.75) is 12.6 Å². The number of carbonyl (C=O) groups excluding carboxylic acids is 1. The highest BCUT2D eigenvalue weighted by Gasteiger charge is 2.43. The maximum Gasteiger partial charge on any atom is 0.231 e. The molecule has 2 atom stereocenters. The van der Waals surface area contributed by atoms with E-state index in [2.05, 4.69) is 20.3 Å². The summed E-state index contributed by atoms with van der Waals surface area (Å²) in [4.78, 5) is 24.5. The third-order valence-electron chi connectivity index (χ3n) is 4.65. The minimum atomic E-state index is -1.05. The monoisotopic (exact) mass is 371 g/mol. The lowest BCUT2D eigenvalue weighted by atomic mass is 10.2. The minimum Gasteiger partial charge on any atom is -0.480 e. The number of pyridine rings is 1. The van der Waals surface area contributed by atoms with E-state index in [1.165, 1.54) is 20.5 Å². The highest BCUT2D eigenvalue weighted by atomic mass is 19.1. The van der Waals surface area contributed by atoms with E-state index in [0.717, 1.165) is 16.6 Å². The van der Waals surface area contributed by atoms with Gasteiger partial charge in [0.2, 0.25) is 17.7 Å². The van der Waals surface area contributed by atoms with Gasteiger partial charge < -0.3 is 19.4 Å². The Labute approximate surface area is 154 Å². The summed E-state index contributed by atoms with van der Waals surface area (Å²) in [5, 5.41) is 3.51. The molecule has 1 N–H and O–H groups in total. The molecule has 4 rings (SSSR count). The van der Waals surface area contributed by atoms with Gasteiger partial charge in [-0.25, -0.2) is 19.3 Å². The zero-order valence-electron chi connectivity index (χ0n) is 15.1. The second-order valence-electron chi connectivity index (χ2n) is 6.33. The van der Waals surface area contributed by atoms with Gasteiger partial charge in [0.25, 0.3) is 0 Å². The molecule has 3 aromatic heterocycles. The smallest absolute Gasteiger partial charge is 0.231 e. The van der Waals surface area contributed by atoms with Crippen LogP contribution in [0.25, 0.3) is 22.2 Å². The number of ether oxygens (including phenoxy) is 2. The van der Waals surface area contributed by atoms with Gasteiger partial charge in [0.05, 0.1) is 37.5 Å². The first-order chi connectivity index (χ1) is 13.0. The highest BCUT2D eigenvalue weighted by molar-refractivity contribution is 5.96. The molecular weight excluding hydrogens is 353 g/mol. The van der Waals surface area contributed by atoms with Crippen molar-refractivity contribution < 1.29 is 18.7 Å². The molecule has 2 unspecified atom stereocenters. The number of methoxy groups -OCH3 is 2. The number of rotatable bonds is 5. The van der Waals surface area contributed by atoms with Gasteiger partial charge in [-0.1, -0.05) is 0 Å². The van der Waals surface area contributed by atoms with E-state index in [-0.39, 0.29) is 12.3 Å². The van der Waals surface area contributed by atoms with Crippen LogP contribution in [0.15, 0.2) is 24.7 Å². The summed E-state index contributed by atoms with van der Waals surface area (Å²) in [5.74, 6) is 0.245. The Kier molecular flexibility index (Phi) is 4.14. The topological polar surface area (TPSA) is 91.2 Å². The van der Waals surface area contributed by atoms with Gasteiger partial charge in [-0.3, -0.25) is 4.79 Å². The molecule has 140 valence electrons. The summed E-state index contributed by atoms with van der Waals surface area (Å²) in [5.41, 5.74) is 2.23. The lowest BCUT2D eigenvalue weighted by Gasteiger charge is -2.11. The third kappa shape index (κ3) is 2.94. The van der Waals surface area contributed by atoms with Crippen LogP contribution < -0.4 is 14.8 Å². The summed E-state index contributed by atoms with van der Waals surface area (Å²) in [6.07, 6.45) is 2.25. The fourth-order valence-electron chi connectivity index (χ4n) is 3.08. The second kappa shape index (κ2) is 6.49. The van der Waals surface area contributed by atoms with E-state index >= 15 is 0 Å². The fraction of sp³-hybridized carbons (Fsp3) is 0.333.